The van der Waals surface area contributed by atoms with Gasteiger partial charge in [-0.2, -0.15) is 0 Å². The third kappa shape index (κ3) is 9.68. The largest absolute Gasteiger partial charge is 0.497 e. The third-order valence-electron chi connectivity index (χ3n) is 5.86. The second-order valence-electron chi connectivity index (χ2n) is 9.13. The van der Waals surface area contributed by atoms with Crippen LogP contribution in [0.15, 0.2) is 78.9 Å². The molecule has 226 valence electrons. The van der Waals surface area contributed by atoms with Crippen LogP contribution in [-0.2, 0) is 4.57 Å². The van der Waals surface area contributed by atoms with E-state index in [4.69, 9.17) is 19.6 Å². The Kier molecular flexibility index (Phi) is 12.0. The number of carboxylic acid groups (broad SMARTS) is 2. The van der Waals surface area contributed by atoms with Crippen LogP contribution >= 0.6 is 7.60 Å². The molecule has 0 heterocycles. The predicted octanol–water partition coefficient (Wildman–Crippen LogP) is 5.70. The van der Waals surface area contributed by atoms with E-state index >= 15 is 0 Å². The number of aryl methyl sites for hydroxylation is 3. The highest BCUT2D eigenvalue weighted by Gasteiger charge is 2.20. The molecule has 0 spiro atoms. The summed E-state index contributed by atoms with van der Waals surface area (Å²) in [5.41, 5.74) is 3.16. The smallest absolute Gasteiger partial charge is 0.356 e. The van der Waals surface area contributed by atoms with Gasteiger partial charge in [-0.15, -0.1) is 0 Å². The van der Waals surface area contributed by atoms with Crippen molar-refractivity contribution in [2.24, 2.45) is 0 Å². The fraction of sp³-hybridized carbons (Fsp3) is 0.129. The predicted molar refractivity (Wildman–Crippen MR) is 155 cm³/mol. The zero-order chi connectivity index (χ0) is 32.5. The molecular formula is C31H29F2O9P. The van der Waals surface area contributed by atoms with Crippen LogP contribution in [0.2, 0.25) is 0 Å². The first-order valence-corrected chi connectivity index (χ1v) is 14.0. The molecule has 12 heteroatoms. The zero-order valence-electron chi connectivity index (χ0n) is 23.5. The summed E-state index contributed by atoms with van der Waals surface area (Å²) < 4.78 is 40.2. The lowest BCUT2D eigenvalue weighted by Crippen LogP contribution is -2.12. The summed E-state index contributed by atoms with van der Waals surface area (Å²) in [6.07, 6.45) is 0. The second kappa shape index (κ2) is 15.0. The molecule has 9 nitrogen and oxygen atoms in total. The highest BCUT2D eigenvalue weighted by Crippen LogP contribution is 2.34. The van der Waals surface area contributed by atoms with Gasteiger partial charge in [0.15, 0.2) is 5.78 Å². The first-order valence-electron chi connectivity index (χ1n) is 12.4. The molecule has 0 radical (unpaired) electrons. The maximum atomic E-state index is 12.7. The lowest BCUT2D eigenvalue weighted by atomic mass is 9.91. The van der Waals surface area contributed by atoms with E-state index in [0.717, 1.165) is 28.8 Å². The Balaban J connectivity index is 0.000000241. The average molecular weight is 615 g/mol. The number of ketones is 1. The molecule has 0 unspecified atom stereocenters. The van der Waals surface area contributed by atoms with Crippen LogP contribution in [0.25, 0.3) is 0 Å². The minimum atomic E-state index is -4.14. The number of carbonyl (C=O) groups is 3. The van der Waals surface area contributed by atoms with Gasteiger partial charge in [-0.1, -0.05) is 42.0 Å². The molecule has 0 saturated carbocycles. The van der Waals surface area contributed by atoms with Crippen LogP contribution in [0.1, 0.15) is 53.3 Å². The highest BCUT2D eigenvalue weighted by molar-refractivity contribution is 7.60. The molecule has 0 aliphatic carbocycles. The van der Waals surface area contributed by atoms with Gasteiger partial charge in [0.1, 0.15) is 17.4 Å². The Morgan fingerprint density at radius 2 is 1.28 bits per heavy atom. The van der Waals surface area contributed by atoms with Gasteiger partial charge in [-0.25, -0.2) is 18.4 Å². The summed E-state index contributed by atoms with van der Waals surface area (Å²) in [4.78, 5) is 51.6. The van der Waals surface area contributed by atoms with E-state index in [1.807, 2.05) is 32.9 Å². The van der Waals surface area contributed by atoms with Crippen molar-refractivity contribution < 1.29 is 52.5 Å². The highest BCUT2D eigenvalue weighted by atomic mass is 31.2. The lowest BCUT2D eigenvalue weighted by molar-refractivity contribution is 0.0682. The number of carboxylic acids is 2. The van der Waals surface area contributed by atoms with Gasteiger partial charge in [0.25, 0.3) is 0 Å². The molecular weight excluding hydrogens is 585 g/mol. The first kappa shape index (κ1) is 34.5. The van der Waals surface area contributed by atoms with Gasteiger partial charge in [-0.3, -0.25) is 9.36 Å². The molecule has 0 atom stereocenters. The van der Waals surface area contributed by atoms with Gasteiger partial charge in [0.2, 0.25) is 0 Å². The standard InChI is InChI=1S/C17H16O3.C7H4F2O2.C7H9O4P/c1-10-8-11(2)15(12(3)9-10)16(18)13-6-4-5-7-14(13)17(19)20;8-4-1-2-5(7(10)11)6(9)3-4;1-11-6-3-2-4-7(5-6)12(8,9)10/h4-9H,1-3H3,(H,19,20);1-3H,(H,10,11);2-5H,1H3,(H2,8,9,10). The van der Waals surface area contributed by atoms with Crippen LogP contribution in [0.3, 0.4) is 0 Å². The van der Waals surface area contributed by atoms with E-state index in [1.54, 1.807) is 24.3 Å². The van der Waals surface area contributed by atoms with E-state index in [9.17, 15) is 32.8 Å². The number of halogens is 2. The van der Waals surface area contributed by atoms with E-state index < -0.39 is 36.7 Å². The third-order valence-corrected chi connectivity index (χ3v) is 6.81. The maximum Gasteiger partial charge on any atom is 0.356 e. The molecule has 4 rings (SSSR count). The Morgan fingerprint density at radius 1 is 0.721 bits per heavy atom. The monoisotopic (exact) mass is 614 g/mol. The van der Waals surface area contributed by atoms with E-state index in [1.165, 1.54) is 31.4 Å². The molecule has 43 heavy (non-hydrogen) atoms. The van der Waals surface area contributed by atoms with Gasteiger partial charge < -0.3 is 24.7 Å². The Bertz CT molecular complexity index is 1670. The number of carbonyl (C=O) groups excluding carboxylic acids is 1. The number of rotatable bonds is 6. The molecule has 4 N–H and O–H groups in total. The van der Waals surface area contributed by atoms with Gasteiger partial charge in [0.05, 0.1) is 23.5 Å². The lowest BCUT2D eigenvalue weighted by Gasteiger charge is -2.11. The fourth-order valence-corrected chi connectivity index (χ4v) is 4.57. The van der Waals surface area contributed by atoms with Crippen molar-refractivity contribution >= 4 is 30.6 Å². The van der Waals surface area contributed by atoms with E-state index in [2.05, 4.69) is 0 Å². The van der Waals surface area contributed by atoms with Gasteiger partial charge >= 0.3 is 19.5 Å². The van der Waals surface area contributed by atoms with E-state index in [0.29, 0.717) is 17.4 Å². The molecule has 0 bridgehead atoms. The Labute approximate surface area is 246 Å². The van der Waals surface area contributed by atoms with E-state index in [-0.39, 0.29) is 22.2 Å². The van der Waals surface area contributed by atoms with Gasteiger partial charge in [0, 0.05) is 17.2 Å². The average Bonchev–Trinajstić information content (AvgIpc) is 2.92. The summed E-state index contributed by atoms with van der Waals surface area (Å²) in [6, 6.07) is 18.3. The number of ether oxygens (including phenoxy) is 1. The summed E-state index contributed by atoms with van der Waals surface area (Å²) >= 11 is 0. The molecule has 0 amide bonds. The zero-order valence-corrected chi connectivity index (χ0v) is 24.4. The van der Waals surface area contributed by atoms with Crippen molar-refractivity contribution in [2.75, 3.05) is 7.11 Å². The fourth-order valence-electron chi connectivity index (χ4n) is 4.00. The Morgan fingerprint density at radius 3 is 1.77 bits per heavy atom. The first-order chi connectivity index (χ1) is 20.1. The van der Waals surface area contributed by atoms with Crippen molar-refractivity contribution in [1.82, 2.24) is 0 Å². The van der Waals surface area contributed by atoms with Crippen LogP contribution in [0, 0.1) is 32.4 Å². The quantitative estimate of drug-likeness (QED) is 0.158. The summed E-state index contributed by atoms with van der Waals surface area (Å²) in [7, 11) is -2.69. The minimum absolute atomic E-state index is 0.0261. The number of hydrogen-bond donors (Lipinski definition) is 4. The Hall–Kier alpha value is -4.70. The summed E-state index contributed by atoms with van der Waals surface area (Å²) in [6.45, 7) is 5.71. The van der Waals surface area contributed by atoms with Crippen LogP contribution in [-0.4, -0.2) is 44.8 Å². The topological polar surface area (TPSA) is 158 Å². The molecule has 0 aliphatic heterocycles. The molecule has 0 aliphatic rings. The number of methoxy groups -OCH3 is 1. The number of hydrogen-bond acceptors (Lipinski definition) is 5. The van der Waals surface area contributed by atoms with Crippen LogP contribution in [0.4, 0.5) is 8.78 Å². The van der Waals surface area contributed by atoms with Crippen molar-refractivity contribution in [1.29, 1.82) is 0 Å². The van der Waals surface area contributed by atoms with Crippen molar-refractivity contribution in [3.8, 4) is 5.75 Å². The van der Waals surface area contributed by atoms with Gasteiger partial charge in [-0.05, 0) is 68.3 Å². The number of benzene rings is 4. The molecule has 0 saturated heterocycles. The van der Waals surface area contributed by atoms with Crippen LogP contribution in [0.5, 0.6) is 5.75 Å². The maximum absolute atomic E-state index is 12.7. The van der Waals surface area contributed by atoms with Crippen LogP contribution < -0.4 is 10.0 Å². The van der Waals surface area contributed by atoms with Crippen molar-refractivity contribution in [2.45, 2.75) is 20.8 Å². The SMILES string of the molecule is COc1cccc(P(=O)(O)O)c1.Cc1cc(C)c(C(=O)c2ccccc2C(=O)O)c(C)c1.O=C(O)c1ccc(F)cc1F. The molecule has 0 aromatic heterocycles. The minimum Gasteiger partial charge on any atom is -0.497 e. The van der Waals surface area contributed by atoms with Crippen molar-refractivity contribution in [3.63, 3.8) is 0 Å². The number of aromatic carboxylic acids is 2. The van der Waals surface area contributed by atoms with Crippen molar-refractivity contribution in [3.05, 3.63) is 129 Å². The second-order valence-corrected chi connectivity index (χ2v) is 10.7. The normalized spacial score (nSPS) is 10.4. The molecule has 4 aromatic carbocycles. The molecule has 4 aromatic rings. The molecule has 0 fully saturated rings. The summed E-state index contributed by atoms with van der Waals surface area (Å²) in [5.74, 6) is -4.13. The summed E-state index contributed by atoms with van der Waals surface area (Å²) in [5, 5.41) is 17.5.